The Labute approximate surface area is 111 Å². The molecule has 98 valence electrons. The van der Waals surface area contributed by atoms with Crippen molar-refractivity contribution in [3.8, 4) is 0 Å². The second-order valence-corrected chi connectivity index (χ2v) is 5.86. The van der Waals surface area contributed by atoms with Crippen molar-refractivity contribution in [2.24, 2.45) is 0 Å². The zero-order valence-corrected chi connectivity index (χ0v) is 11.2. The first-order chi connectivity index (χ1) is 8.83. The molecule has 0 aromatic carbocycles. The van der Waals surface area contributed by atoms with Crippen LogP contribution in [0.1, 0.15) is 23.3 Å². The summed E-state index contributed by atoms with van der Waals surface area (Å²) in [5.74, 6) is 0. The van der Waals surface area contributed by atoms with Gasteiger partial charge in [0, 0.05) is 31.1 Å². The number of nitrogens with one attached hydrogen (secondary N) is 1. The van der Waals surface area contributed by atoms with E-state index in [1.54, 1.807) is 11.3 Å². The number of carbonyl (C=O) groups excluding carboxylic acids is 1. The first-order valence-corrected chi connectivity index (χ1v) is 7.40. The van der Waals surface area contributed by atoms with Gasteiger partial charge in [-0.15, -0.1) is 11.3 Å². The molecule has 3 rings (SSSR count). The van der Waals surface area contributed by atoms with E-state index in [4.69, 9.17) is 4.74 Å². The third-order valence-corrected chi connectivity index (χ3v) is 4.62. The second kappa shape index (κ2) is 5.28. The molecule has 0 spiro atoms. The number of thiophene rings is 1. The molecule has 1 aromatic heterocycles. The molecule has 0 unspecified atom stereocenters. The highest BCUT2D eigenvalue weighted by Gasteiger charge is 2.22. The summed E-state index contributed by atoms with van der Waals surface area (Å²) < 4.78 is 5.50. The average Bonchev–Trinajstić information content (AvgIpc) is 3.05. The Morgan fingerprint density at radius 3 is 3.39 bits per heavy atom. The van der Waals surface area contributed by atoms with Crippen LogP contribution in [0.15, 0.2) is 11.4 Å². The van der Waals surface area contributed by atoms with Crippen molar-refractivity contribution in [3.63, 3.8) is 0 Å². The molecule has 3 heterocycles. The predicted molar refractivity (Wildman–Crippen MR) is 70.8 cm³/mol. The molecule has 1 N–H and O–H groups in total. The predicted octanol–water partition coefficient (Wildman–Crippen LogP) is 1.99. The molecule has 0 aliphatic carbocycles. The Morgan fingerprint density at radius 1 is 1.61 bits per heavy atom. The van der Waals surface area contributed by atoms with Crippen LogP contribution in [0.5, 0.6) is 0 Å². The van der Waals surface area contributed by atoms with E-state index in [1.165, 1.54) is 10.4 Å². The minimum Gasteiger partial charge on any atom is -0.376 e. The first kappa shape index (κ1) is 12.0. The number of rotatable bonds is 2. The van der Waals surface area contributed by atoms with Crippen LogP contribution in [0.4, 0.5) is 4.79 Å². The monoisotopic (exact) mass is 266 g/mol. The molecular formula is C13H18N2O2S. The Bertz CT molecular complexity index is 426. The molecule has 2 aliphatic rings. The molecule has 0 bridgehead atoms. The van der Waals surface area contributed by atoms with E-state index in [9.17, 15) is 4.79 Å². The van der Waals surface area contributed by atoms with E-state index in [1.807, 2.05) is 4.90 Å². The highest BCUT2D eigenvalue weighted by atomic mass is 32.1. The topological polar surface area (TPSA) is 41.6 Å². The van der Waals surface area contributed by atoms with Crippen molar-refractivity contribution in [1.29, 1.82) is 0 Å². The van der Waals surface area contributed by atoms with Crippen LogP contribution in [0.3, 0.4) is 0 Å². The van der Waals surface area contributed by atoms with Crippen LogP contribution in [0.2, 0.25) is 0 Å². The maximum atomic E-state index is 12.0. The van der Waals surface area contributed by atoms with Crippen LogP contribution in [0, 0.1) is 0 Å². The van der Waals surface area contributed by atoms with E-state index in [0.717, 1.165) is 39.0 Å². The highest BCUT2D eigenvalue weighted by molar-refractivity contribution is 7.10. The summed E-state index contributed by atoms with van der Waals surface area (Å²) in [5.41, 5.74) is 1.30. The highest BCUT2D eigenvalue weighted by Crippen LogP contribution is 2.23. The minimum atomic E-state index is 0.0438. The summed E-state index contributed by atoms with van der Waals surface area (Å²) in [6.45, 7) is 3.05. The fourth-order valence-corrected chi connectivity index (χ4v) is 3.43. The van der Waals surface area contributed by atoms with Gasteiger partial charge in [-0.05, 0) is 36.3 Å². The lowest BCUT2D eigenvalue weighted by atomic mass is 10.1. The quantitative estimate of drug-likeness (QED) is 0.889. The Balaban J connectivity index is 1.51. The van der Waals surface area contributed by atoms with Gasteiger partial charge in [0.15, 0.2) is 0 Å². The molecular weight excluding hydrogens is 248 g/mol. The van der Waals surface area contributed by atoms with Gasteiger partial charge in [-0.3, -0.25) is 0 Å². The molecule has 18 heavy (non-hydrogen) atoms. The van der Waals surface area contributed by atoms with Gasteiger partial charge in [0.25, 0.3) is 0 Å². The Hall–Kier alpha value is -1.07. The number of ether oxygens (including phenoxy) is 1. The van der Waals surface area contributed by atoms with Crippen molar-refractivity contribution >= 4 is 17.4 Å². The number of urea groups is 1. The molecule has 5 heteroatoms. The van der Waals surface area contributed by atoms with E-state index < -0.39 is 0 Å². The van der Waals surface area contributed by atoms with E-state index >= 15 is 0 Å². The van der Waals surface area contributed by atoms with Gasteiger partial charge in [-0.1, -0.05) is 0 Å². The molecule has 1 fully saturated rings. The largest absolute Gasteiger partial charge is 0.376 e. The zero-order chi connectivity index (χ0) is 12.4. The second-order valence-electron chi connectivity index (χ2n) is 4.86. The maximum absolute atomic E-state index is 12.0. The standard InChI is InChI=1S/C13H18N2O2S/c16-13(14-8-11-2-1-6-17-11)15-5-3-12-10(9-15)4-7-18-12/h4,7,11H,1-3,5-6,8-9H2,(H,14,16)/t11-/m0/s1. The molecule has 1 aromatic rings. The normalized spacial score (nSPS) is 22.9. The summed E-state index contributed by atoms with van der Waals surface area (Å²) in [5, 5.41) is 5.09. The van der Waals surface area contributed by atoms with Gasteiger partial charge < -0.3 is 15.0 Å². The van der Waals surface area contributed by atoms with Gasteiger partial charge in [-0.2, -0.15) is 0 Å². The van der Waals surface area contributed by atoms with Gasteiger partial charge in [-0.25, -0.2) is 4.79 Å². The third-order valence-electron chi connectivity index (χ3n) is 3.60. The van der Waals surface area contributed by atoms with E-state index in [0.29, 0.717) is 6.54 Å². The fourth-order valence-electron chi connectivity index (χ4n) is 2.54. The van der Waals surface area contributed by atoms with Crippen LogP contribution in [-0.4, -0.2) is 36.7 Å². The summed E-state index contributed by atoms with van der Waals surface area (Å²) in [7, 11) is 0. The maximum Gasteiger partial charge on any atom is 0.317 e. The van der Waals surface area contributed by atoms with Crippen molar-refractivity contribution in [3.05, 3.63) is 21.9 Å². The third kappa shape index (κ3) is 2.52. The molecule has 0 saturated carbocycles. The lowest BCUT2D eigenvalue weighted by molar-refractivity contribution is 0.108. The number of carbonyl (C=O) groups is 1. The summed E-state index contributed by atoms with van der Waals surface area (Å²) >= 11 is 1.79. The number of fused-ring (bicyclic) bond motifs is 1. The zero-order valence-electron chi connectivity index (χ0n) is 10.4. The van der Waals surface area contributed by atoms with E-state index in [-0.39, 0.29) is 12.1 Å². The fraction of sp³-hybridized carbons (Fsp3) is 0.615. The number of amides is 2. The van der Waals surface area contributed by atoms with Crippen LogP contribution in [-0.2, 0) is 17.7 Å². The van der Waals surface area contributed by atoms with Gasteiger partial charge >= 0.3 is 6.03 Å². The number of nitrogens with zero attached hydrogens (tertiary/aromatic N) is 1. The molecule has 2 amide bonds. The summed E-state index contributed by atoms with van der Waals surface area (Å²) in [6.07, 6.45) is 3.38. The Kier molecular flexibility index (Phi) is 3.52. The van der Waals surface area contributed by atoms with Crippen LogP contribution < -0.4 is 5.32 Å². The molecule has 0 radical (unpaired) electrons. The van der Waals surface area contributed by atoms with Gasteiger partial charge in [0.2, 0.25) is 0 Å². The summed E-state index contributed by atoms with van der Waals surface area (Å²) in [6, 6.07) is 2.17. The van der Waals surface area contributed by atoms with Crippen molar-refractivity contribution in [2.75, 3.05) is 19.7 Å². The smallest absolute Gasteiger partial charge is 0.317 e. The van der Waals surface area contributed by atoms with Crippen LogP contribution in [0.25, 0.3) is 0 Å². The number of hydrogen-bond acceptors (Lipinski definition) is 3. The minimum absolute atomic E-state index is 0.0438. The van der Waals surface area contributed by atoms with Crippen LogP contribution >= 0.6 is 11.3 Å². The van der Waals surface area contributed by atoms with Crippen molar-refractivity contribution in [2.45, 2.75) is 31.9 Å². The van der Waals surface area contributed by atoms with Crippen molar-refractivity contribution < 1.29 is 9.53 Å². The molecule has 4 nitrogen and oxygen atoms in total. The SMILES string of the molecule is O=C(NC[C@@H]1CCCO1)N1CCc2sccc2C1. The van der Waals surface area contributed by atoms with Gasteiger partial charge in [0.05, 0.1) is 6.10 Å². The lowest BCUT2D eigenvalue weighted by Crippen LogP contribution is -2.44. The van der Waals surface area contributed by atoms with Gasteiger partial charge in [0.1, 0.15) is 0 Å². The first-order valence-electron chi connectivity index (χ1n) is 6.52. The molecule has 1 atom stereocenters. The molecule has 1 saturated heterocycles. The van der Waals surface area contributed by atoms with Crippen molar-refractivity contribution in [1.82, 2.24) is 10.2 Å². The molecule has 2 aliphatic heterocycles. The number of hydrogen-bond donors (Lipinski definition) is 1. The average molecular weight is 266 g/mol. The Morgan fingerprint density at radius 2 is 2.56 bits per heavy atom. The summed E-state index contributed by atoms with van der Waals surface area (Å²) in [4.78, 5) is 15.4. The lowest BCUT2D eigenvalue weighted by Gasteiger charge is -2.27. The van der Waals surface area contributed by atoms with E-state index in [2.05, 4.69) is 16.8 Å².